The van der Waals surface area contributed by atoms with Crippen molar-refractivity contribution >= 4 is 18.0 Å². The van der Waals surface area contributed by atoms with Gasteiger partial charge in [0.05, 0.1) is 18.8 Å². The first-order valence-electron chi connectivity index (χ1n) is 12.9. The van der Waals surface area contributed by atoms with E-state index in [1.807, 2.05) is 117 Å². The number of hydrogen-bond acceptors (Lipinski definition) is 5. The van der Waals surface area contributed by atoms with Crippen LogP contribution in [0.5, 0.6) is 0 Å². The van der Waals surface area contributed by atoms with Gasteiger partial charge in [-0.15, -0.1) is 0 Å². The highest BCUT2D eigenvalue weighted by Gasteiger charge is 2.54. The van der Waals surface area contributed by atoms with Gasteiger partial charge in [-0.3, -0.25) is 9.36 Å². The van der Waals surface area contributed by atoms with Gasteiger partial charge >= 0.3 is 11.7 Å². The van der Waals surface area contributed by atoms with E-state index >= 15 is 0 Å². The molecule has 1 fully saturated rings. The number of nitrogens with zero attached hydrogens (tertiary/aromatic N) is 2. The molecule has 0 unspecified atom stereocenters. The van der Waals surface area contributed by atoms with E-state index in [1.54, 1.807) is 0 Å². The number of likely N-dealkylation sites (tertiary alicyclic amines) is 1. The van der Waals surface area contributed by atoms with Gasteiger partial charge in [0, 0.05) is 11.1 Å². The summed E-state index contributed by atoms with van der Waals surface area (Å²) in [4.78, 5) is 41.8. The van der Waals surface area contributed by atoms with E-state index in [9.17, 15) is 14.4 Å². The number of aromatic nitrogens is 1. The highest BCUT2D eigenvalue weighted by atomic mass is 16.5. The first-order chi connectivity index (χ1) is 18.9. The molecule has 0 N–H and O–H groups in total. The summed E-state index contributed by atoms with van der Waals surface area (Å²) >= 11 is 0. The Kier molecular flexibility index (Phi) is 7.32. The molecule has 3 atom stereocenters. The van der Waals surface area contributed by atoms with E-state index in [0.29, 0.717) is 11.5 Å². The van der Waals surface area contributed by atoms with Gasteiger partial charge < -0.3 is 14.1 Å². The quantitative estimate of drug-likeness (QED) is 0.227. The first-order valence-corrected chi connectivity index (χ1v) is 12.9. The minimum atomic E-state index is -0.903. The fraction of sp³-hybridized carbons (Fsp3) is 0.219. The summed E-state index contributed by atoms with van der Waals surface area (Å²) in [6, 6.07) is 26.1. The number of hydrogen-bond donors (Lipinski definition) is 0. The minimum absolute atomic E-state index is 0.204. The summed E-state index contributed by atoms with van der Waals surface area (Å²) < 4.78 is 12.3. The van der Waals surface area contributed by atoms with E-state index in [2.05, 4.69) is 0 Å². The second kappa shape index (κ2) is 11.0. The molecule has 5 rings (SSSR count). The molecule has 0 aliphatic carbocycles. The topological polar surface area (TPSA) is 81.8 Å². The van der Waals surface area contributed by atoms with Gasteiger partial charge in [0.15, 0.2) is 5.76 Å². The molecule has 39 heavy (non-hydrogen) atoms. The van der Waals surface area contributed by atoms with Crippen LogP contribution in [-0.4, -0.2) is 40.5 Å². The maximum absolute atomic E-state index is 13.9. The lowest BCUT2D eigenvalue weighted by Crippen LogP contribution is -2.67. The van der Waals surface area contributed by atoms with Crippen LogP contribution >= 0.6 is 0 Å². The van der Waals surface area contributed by atoms with Crippen LogP contribution < -0.4 is 5.76 Å². The Morgan fingerprint density at radius 3 is 2.00 bits per heavy atom. The van der Waals surface area contributed by atoms with Crippen LogP contribution in [0.2, 0.25) is 0 Å². The molecule has 4 aromatic rings. The van der Waals surface area contributed by atoms with Crippen LogP contribution in [-0.2, 0) is 14.3 Å². The van der Waals surface area contributed by atoms with Crippen molar-refractivity contribution in [1.82, 2.24) is 9.47 Å². The molecule has 1 aliphatic heterocycles. The Labute approximate surface area is 227 Å². The van der Waals surface area contributed by atoms with Gasteiger partial charge in [-0.2, -0.15) is 0 Å². The number of carbonyl (C=O) groups is 2. The standard InChI is InChI=1S/C32H30N2O5/c1-21(2)26(31(36)38-3)33-25(20-19-22-13-7-4-8-14-22)28(30(33)35)34-27(23-15-9-5-10-16-23)29(39-32(34)37)24-17-11-6-12-18-24/h4-21,25-26,28H,1-3H3/t25-,26-,28+/m1/s1. The van der Waals surface area contributed by atoms with Gasteiger partial charge in [0.1, 0.15) is 12.1 Å². The van der Waals surface area contributed by atoms with Gasteiger partial charge in [-0.05, 0) is 11.5 Å². The average Bonchev–Trinajstić information content (AvgIpc) is 3.30. The number of benzene rings is 3. The number of esters is 1. The predicted molar refractivity (Wildman–Crippen MR) is 150 cm³/mol. The van der Waals surface area contributed by atoms with Crippen LogP contribution in [0.1, 0.15) is 25.5 Å². The Morgan fingerprint density at radius 2 is 1.44 bits per heavy atom. The molecular weight excluding hydrogens is 492 g/mol. The second-order valence-corrected chi connectivity index (χ2v) is 9.81. The normalized spacial score (nSPS) is 17.8. The lowest BCUT2D eigenvalue weighted by Gasteiger charge is -2.50. The summed E-state index contributed by atoms with van der Waals surface area (Å²) in [5, 5.41) is 0. The van der Waals surface area contributed by atoms with Crippen molar-refractivity contribution in [2.45, 2.75) is 32.0 Å². The monoisotopic (exact) mass is 522 g/mol. The Balaban J connectivity index is 1.68. The summed E-state index contributed by atoms with van der Waals surface area (Å²) in [7, 11) is 1.31. The zero-order valence-corrected chi connectivity index (χ0v) is 22.1. The number of ether oxygens (including phenoxy) is 1. The summed E-state index contributed by atoms with van der Waals surface area (Å²) in [6.07, 6.45) is 3.77. The number of rotatable bonds is 8. The highest BCUT2D eigenvalue weighted by Crippen LogP contribution is 2.41. The Bertz CT molecular complexity index is 1540. The number of oxazole rings is 1. The van der Waals surface area contributed by atoms with Crippen molar-refractivity contribution in [3.8, 4) is 22.6 Å². The molecule has 0 bridgehead atoms. The van der Waals surface area contributed by atoms with Crippen LogP contribution in [0.25, 0.3) is 28.7 Å². The molecule has 0 saturated carbocycles. The van der Waals surface area contributed by atoms with E-state index in [0.717, 1.165) is 16.7 Å². The largest absolute Gasteiger partial charge is 0.467 e. The zero-order valence-electron chi connectivity index (χ0n) is 22.1. The summed E-state index contributed by atoms with van der Waals surface area (Å²) in [5.41, 5.74) is 2.92. The fourth-order valence-corrected chi connectivity index (χ4v) is 5.19. The minimum Gasteiger partial charge on any atom is -0.467 e. The molecule has 1 aliphatic rings. The summed E-state index contributed by atoms with van der Waals surface area (Å²) in [5.74, 6) is -1.30. The number of β-lactam (4-membered cyclic amide) rings is 1. The number of methoxy groups -OCH3 is 1. The number of amides is 1. The van der Waals surface area contributed by atoms with Crippen LogP contribution in [0, 0.1) is 5.92 Å². The SMILES string of the molecule is COC(=O)[C@@H](C(C)C)N1C(=O)[C@@H](n2c(-c3ccccc3)c(-c3ccccc3)oc2=O)[C@H]1C=Cc1ccccc1. The van der Waals surface area contributed by atoms with Crippen LogP contribution in [0.3, 0.4) is 0 Å². The third kappa shape index (κ3) is 4.83. The van der Waals surface area contributed by atoms with Gasteiger partial charge in [-0.1, -0.05) is 117 Å². The van der Waals surface area contributed by atoms with E-state index in [1.165, 1.54) is 16.6 Å². The van der Waals surface area contributed by atoms with E-state index in [-0.39, 0.29) is 11.8 Å². The Morgan fingerprint density at radius 1 is 0.872 bits per heavy atom. The zero-order chi connectivity index (χ0) is 27.5. The van der Waals surface area contributed by atoms with Crippen LogP contribution in [0.4, 0.5) is 0 Å². The highest BCUT2D eigenvalue weighted by molar-refractivity contribution is 5.94. The molecule has 2 heterocycles. The smallest absolute Gasteiger partial charge is 0.420 e. The Hall–Kier alpha value is -4.65. The fourth-order valence-electron chi connectivity index (χ4n) is 5.19. The van der Waals surface area contributed by atoms with Gasteiger partial charge in [0.25, 0.3) is 0 Å². The van der Waals surface area contributed by atoms with Crippen molar-refractivity contribution in [3.05, 3.63) is 113 Å². The van der Waals surface area contributed by atoms with Crippen molar-refractivity contribution in [1.29, 1.82) is 0 Å². The second-order valence-electron chi connectivity index (χ2n) is 9.81. The van der Waals surface area contributed by atoms with Crippen LogP contribution in [0.15, 0.2) is 106 Å². The molecule has 0 radical (unpaired) electrons. The molecule has 1 amide bonds. The average molecular weight is 523 g/mol. The predicted octanol–water partition coefficient (Wildman–Crippen LogP) is 5.44. The summed E-state index contributed by atoms with van der Waals surface area (Å²) in [6.45, 7) is 3.74. The van der Waals surface area contributed by atoms with E-state index < -0.39 is 29.9 Å². The van der Waals surface area contributed by atoms with Crippen molar-refractivity contribution in [3.63, 3.8) is 0 Å². The lowest BCUT2D eigenvalue weighted by molar-refractivity contribution is -0.169. The molecule has 7 heteroatoms. The van der Waals surface area contributed by atoms with Crippen molar-refractivity contribution in [2.24, 2.45) is 5.92 Å². The maximum Gasteiger partial charge on any atom is 0.420 e. The third-order valence-electron chi connectivity index (χ3n) is 7.01. The molecular formula is C32H30N2O5. The first kappa shape index (κ1) is 26.0. The molecule has 198 valence electrons. The molecule has 1 aromatic heterocycles. The van der Waals surface area contributed by atoms with Gasteiger partial charge in [-0.25, -0.2) is 9.59 Å². The van der Waals surface area contributed by atoms with Crippen molar-refractivity contribution in [2.75, 3.05) is 7.11 Å². The van der Waals surface area contributed by atoms with Gasteiger partial charge in [0.2, 0.25) is 5.91 Å². The maximum atomic E-state index is 13.9. The number of carbonyl (C=O) groups excluding carboxylic acids is 2. The van der Waals surface area contributed by atoms with Crippen molar-refractivity contribution < 1.29 is 18.7 Å². The lowest BCUT2D eigenvalue weighted by atomic mass is 9.87. The third-order valence-corrected chi connectivity index (χ3v) is 7.01. The molecule has 1 saturated heterocycles. The molecule has 7 nitrogen and oxygen atoms in total. The molecule has 3 aromatic carbocycles. The van der Waals surface area contributed by atoms with E-state index in [4.69, 9.17) is 9.15 Å². The molecule has 0 spiro atoms.